The summed E-state index contributed by atoms with van der Waals surface area (Å²) in [6.45, 7) is 0.403. The summed E-state index contributed by atoms with van der Waals surface area (Å²) in [4.78, 5) is 24.1. The van der Waals surface area contributed by atoms with E-state index < -0.39 is 5.97 Å². The number of carboxylic acid groups (broad SMARTS) is 1. The first kappa shape index (κ1) is 14.6. The van der Waals surface area contributed by atoms with Crippen LogP contribution in [0.15, 0.2) is 30.6 Å². The number of hydrogen-bond donors (Lipinski definition) is 1. The minimum atomic E-state index is -0.860. The summed E-state index contributed by atoms with van der Waals surface area (Å²) in [5.41, 5.74) is 1.29. The van der Waals surface area contributed by atoms with E-state index in [4.69, 9.17) is 5.11 Å². The van der Waals surface area contributed by atoms with Crippen LogP contribution in [0.3, 0.4) is 0 Å². The van der Waals surface area contributed by atoms with Crippen LogP contribution < -0.4 is 0 Å². The summed E-state index contributed by atoms with van der Waals surface area (Å²) in [5.74, 6) is -1.01. The zero-order valence-corrected chi connectivity index (χ0v) is 11.5. The van der Waals surface area contributed by atoms with Crippen molar-refractivity contribution in [3.8, 4) is 5.69 Å². The monoisotopic (exact) mass is 289 g/mol. The van der Waals surface area contributed by atoms with E-state index in [2.05, 4.69) is 15.5 Å². The average molecular weight is 289 g/mol. The minimum Gasteiger partial charge on any atom is -0.481 e. The van der Waals surface area contributed by atoms with Crippen molar-refractivity contribution < 1.29 is 14.7 Å². The largest absolute Gasteiger partial charge is 0.481 e. The van der Waals surface area contributed by atoms with Crippen LogP contribution in [0, 0.1) is 0 Å². The van der Waals surface area contributed by atoms with Crippen LogP contribution in [-0.2, 0) is 4.79 Å². The Labute approximate surface area is 121 Å². The van der Waals surface area contributed by atoms with Gasteiger partial charge in [-0.25, -0.2) is 4.68 Å². The highest BCUT2D eigenvalue weighted by molar-refractivity contribution is 5.94. The summed E-state index contributed by atoms with van der Waals surface area (Å²) >= 11 is 0. The number of nitrogens with zero attached hydrogens (tertiary/aromatic N) is 5. The van der Waals surface area contributed by atoms with E-state index in [1.807, 2.05) is 0 Å². The Kier molecular flexibility index (Phi) is 4.60. The highest BCUT2D eigenvalue weighted by Gasteiger charge is 2.12. The molecular weight excluding hydrogens is 274 g/mol. The van der Waals surface area contributed by atoms with E-state index in [1.165, 1.54) is 15.9 Å². The maximum absolute atomic E-state index is 12.1. The van der Waals surface area contributed by atoms with E-state index in [0.717, 1.165) is 5.69 Å². The Hall–Kier alpha value is -2.77. The zero-order valence-electron chi connectivity index (χ0n) is 11.5. The van der Waals surface area contributed by atoms with Gasteiger partial charge in [0.1, 0.15) is 6.33 Å². The Balaban J connectivity index is 1.97. The van der Waals surface area contributed by atoms with Crippen LogP contribution in [0.25, 0.3) is 5.69 Å². The van der Waals surface area contributed by atoms with Crippen molar-refractivity contribution in [1.29, 1.82) is 0 Å². The summed E-state index contributed by atoms with van der Waals surface area (Å²) in [6.07, 6.45) is 1.95. The number of carbonyl (C=O) groups is 2. The van der Waals surface area contributed by atoms with E-state index in [1.54, 1.807) is 31.3 Å². The molecule has 2 rings (SSSR count). The van der Waals surface area contributed by atoms with Crippen LogP contribution >= 0.6 is 0 Å². The second kappa shape index (κ2) is 6.60. The van der Waals surface area contributed by atoms with Gasteiger partial charge in [0.05, 0.1) is 5.69 Å². The van der Waals surface area contributed by atoms with Gasteiger partial charge in [-0.2, -0.15) is 0 Å². The summed E-state index contributed by atoms with van der Waals surface area (Å²) in [6, 6.07) is 6.86. The first-order valence-corrected chi connectivity index (χ1v) is 6.38. The lowest BCUT2D eigenvalue weighted by Gasteiger charge is -2.16. The second-order valence-corrected chi connectivity index (χ2v) is 4.53. The van der Waals surface area contributed by atoms with Crippen molar-refractivity contribution in [3.63, 3.8) is 0 Å². The normalized spacial score (nSPS) is 10.3. The molecule has 0 bridgehead atoms. The molecule has 8 heteroatoms. The molecule has 1 aromatic carbocycles. The highest BCUT2D eigenvalue weighted by Crippen LogP contribution is 2.10. The van der Waals surface area contributed by atoms with E-state index in [9.17, 15) is 9.59 Å². The molecule has 0 atom stereocenters. The van der Waals surface area contributed by atoms with Crippen LogP contribution in [-0.4, -0.2) is 55.7 Å². The Morgan fingerprint density at radius 2 is 2.00 bits per heavy atom. The lowest BCUT2D eigenvalue weighted by Crippen LogP contribution is -2.28. The fourth-order valence-corrected chi connectivity index (χ4v) is 1.83. The van der Waals surface area contributed by atoms with E-state index in [-0.39, 0.29) is 12.3 Å². The minimum absolute atomic E-state index is 0.0514. The Bertz CT molecular complexity index is 609. The molecule has 0 fully saturated rings. The van der Waals surface area contributed by atoms with Gasteiger partial charge in [0.2, 0.25) is 0 Å². The molecule has 0 aliphatic rings. The fourth-order valence-electron chi connectivity index (χ4n) is 1.83. The third kappa shape index (κ3) is 3.85. The van der Waals surface area contributed by atoms with Gasteiger partial charge in [-0.1, -0.05) is 0 Å². The van der Waals surface area contributed by atoms with Crippen molar-refractivity contribution in [1.82, 2.24) is 25.1 Å². The molecule has 2 aromatic rings. The van der Waals surface area contributed by atoms with Crippen molar-refractivity contribution in [2.45, 2.75) is 12.8 Å². The second-order valence-electron chi connectivity index (χ2n) is 4.53. The van der Waals surface area contributed by atoms with Gasteiger partial charge in [0, 0.05) is 25.6 Å². The molecule has 110 valence electrons. The zero-order chi connectivity index (χ0) is 15.2. The number of aliphatic carboxylic acids is 1. The van der Waals surface area contributed by atoms with E-state index >= 15 is 0 Å². The van der Waals surface area contributed by atoms with Crippen LogP contribution in [0.1, 0.15) is 23.2 Å². The van der Waals surface area contributed by atoms with Gasteiger partial charge < -0.3 is 10.0 Å². The summed E-state index contributed by atoms with van der Waals surface area (Å²) in [5, 5.41) is 19.4. The number of aromatic nitrogens is 4. The average Bonchev–Trinajstić information content (AvgIpc) is 3.00. The molecule has 21 heavy (non-hydrogen) atoms. The van der Waals surface area contributed by atoms with Gasteiger partial charge in [0.25, 0.3) is 5.91 Å². The third-order valence-corrected chi connectivity index (χ3v) is 2.96. The number of tetrazole rings is 1. The molecular formula is C13H15N5O3. The van der Waals surface area contributed by atoms with Crippen molar-refractivity contribution in [2.24, 2.45) is 0 Å². The molecule has 0 aliphatic carbocycles. The van der Waals surface area contributed by atoms with Gasteiger partial charge in [0.15, 0.2) is 0 Å². The molecule has 0 spiro atoms. The molecule has 1 heterocycles. The maximum atomic E-state index is 12.1. The summed E-state index contributed by atoms with van der Waals surface area (Å²) < 4.78 is 1.49. The van der Waals surface area contributed by atoms with Crippen LogP contribution in [0.2, 0.25) is 0 Å². The molecule has 8 nitrogen and oxygen atoms in total. The predicted octanol–water partition coefficient (Wildman–Crippen LogP) is 0.599. The number of carboxylic acids is 1. The van der Waals surface area contributed by atoms with Crippen molar-refractivity contribution >= 4 is 11.9 Å². The van der Waals surface area contributed by atoms with Gasteiger partial charge in [-0.3, -0.25) is 9.59 Å². The molecule has 1 aromatic heterocycles. The number of carbonyl (C=O) groups excluding carboxylic acids is 1. The number of hydrogen-bond acceptors (Lipinski definition) is 5. The van der Waals surface area contributed by atoms with Crippen LogP contribution in [0.5, 0.6) is 0 Å². The molecule has 0 unspecified atom stereocenters. The van der Waals surface area contributed by atoms with Crippen molar-refractivity contribution in [2.75, 3.05) is 13.6 Å². The Morgan fingerprint density at radius 3 is 2.57 bits per heavy atom. The number of amides is 1. The standard InChI is InChI=1S/C13H15N5O3/c1-17(8-2-3-12(19)20)13(21)10-4-6-11(7-5-10)18-9-14-15-16-18/h4-7,9H,2-3,8H2,1H3,(H,19,20). The highest BCUT2D eigenvalue weighted by atomic mass is 16.4. The number of rotatable bonds is 6. The summed E-state index contributed by atoms with van der Waals surface area (Å²) in [7, 11) is 1.65. The first-order chi connectivity index (χ1) is 10.1. The molecule has 0 radical (unpaired) electrons. The lowest BCUT2D eigenvalue weighted by molar-refractivity contribution is -0.137. The first-order valence-electron chi connectivity index (χ1n) is 6.38. The smallest absolute Gasteiger partial charge is 0.303 e. The molecule has 0 saturated heterocycles. The molecule has 1 amide bonds. The van der Waals surface area contributed by atoms with Crippen LogP contribution in [0.4, 0.5) is 0 Å². The predicted molar refractivity (Wildman–Crippen MR) is 73.0 cm³/mol. The van der Waals surface area contributed by atoms with Gasteiger partial charge in [-0.15, -0.1) is 5.10 Å². The lowest BCUT2D eigenvalue weighted by atomic mass is 10.1. The van der Waals surface area contributed by atoms with Gasteiger partial charge in [-0.05, 0) is 41.1 Å². The van der Waals surface area contributed by atoms with Crippen molar-refractivity contribution in [3.05, 3.63) is 36.2 Å². The van der Waals surface area contributed by atoms with Gasteiger partial charge >= 0.3 is 5.97 Å². The SMILES string of the molecule is CN(CCCC(=O)O)C(=O)c1ccc(-n2cnnn2)cc1. The molecule has 1 N–H and O–H groups in total. The fraction of sp³-hybridized carbons (Fsp3) is 0.308. The molecule has 0 aliphatic heterocycles. The van der Waals surface area contributed by atoms with E-state index in [0.29, 0.717) is 18.5 Å². The number of benzene rings is 1. The Morgan fingerprint density at radius 1 is 1.29 bits per heavy atom. The third-order valence-electron chi connectivity index (χ3n) is 2.96. The maximum Gasteiger partial charge on any atom is 0.303 e. The molecule has 0 saturated carbocycles. The topological polar surface area (TPSA) is 101 Å². The quantitative estimate of drug-likeness (QED) is 0.835.